The highest BCUT2D eigenvalue weighted by Crippen LogP contribution is 2.21. The van der Waals surface area contributed by atoms with Crippen LogP contribution < -0.4 is 5.69 Å². The molecule has 0 amide bonds. The first kappa shape index (κ1) is 13.1. The second-order valence-corrected chi connectivity index (χ2v) is 6.20. The summed E-state index contributed by atoms with van der Waals surface area (Å²) in [6, 6.07) is 6.58. The largest absolute Gasteiger partial charge is 0.478 e. The lowest BCUT2D eigenvalue weighted by atomic mass is 10.2. The number of aromatic carboxylic acids is 1. The van der Waals surface area contributed by atoms with Gasteiger partial charge in [-0.2, -0.15) is 0 Å². The van der Waals surface area contributed by atoms with Crippen LogP contribution in [-0.4, -0.2) is 20.6 Å². The number of hydrogen-bond donors (Lipinski definition) is 2. The van der Waals surface area contributed by atoms with Crippen LogP contribution in [0.15, 0.2) is 38.9 Å². The summed E-state index contributed by atoms with van der Waals surface area (Å²) in [5, 5.41) is 10.9. The Morgan fingerprint density at radius 3 is 2.85 bits per heavy atom. The van der Waals surface area contributed by atoms with Gasteiger partial charge in [-0.15, -0.1) is 11.3 Å². The molecule has 2 aromatic heterocycles. The Kier molecular flexibility index (Phi) is 3.23. The van der Waals surface area contributed by atoms with Crippen molar-refractivity contribution in [2.24, 2.45) is 0 Å². The molecule has 0 atom stereocenters. The van der Waals surface area contributed by atoms with E-state index in [0.29, 0.717) is 17.6 Å². The summed E-state index contributed by atoms with van der Waals surface area (Å²) in [4.78, 5) is 26.6. The van der Waals surface area contributed by atoms with Gasteiger partial charge in [0.1, 0.15) is 0 Å². The maximum absolute atomic E-state index is 12.0. The number of nitrogens with zero attached hydrogens (tertiary/aromatic N) is 1. The predicted octanol–water partition coefficient (Wildman–Crippen LogP) is 2.90. The Morgan fingerprint density at radius 1 is 1.40 bits per heavy atom. The van der Waals surface area contributed by atoms with Gasteiger partial charge in [0.2, 0.25) is 0 Å². The van der Waals surface area contributed by atoms with E-state index in [0.717, 1.165) is 9.35 Å². The van der Waals surface area contributed by atoms with Gasteiger partial charge in [0.15, 0.2) is 0 Å². The van der Waals surface area contributed by atoms with Gasteiger partial charge in [-0.1, -0.05) is 0 Å². The van der Waals surface area contributed by atoms with E-state index in [-0.39, 0.29) is 11.3 Å². The van der Waals surface area contributed by atoms with Gasteiger partial charge in [-0.25, -0.2) is 9.59 Å². The number of carboxylic acid groups (broad SMARTS) is 1. The van der Waals surface area contributed by atoms with Gasteiger partial charge < -0.3 is 10.1 Å². The van der Waals surface area contributed by atoms with Crippen LogP contribution in [0.1, 0.15) is 15.2 Å². The number of nitrogens with one attached hydrogen (secondary N) is 1. The van der Waals surface area contributed by atoms with Gasteiger partial charge in [0.25, 0.3) is 0 Å². The van der Waals surface area contributed by atoms with Gasteiger partial charge >= 0.3 is 11.7 Å². The summed E-state index contributed by atoms with van der Waals surface area (Å²) in [5.41, 5.74) is 1.15. The molecule has 2 N–H and O–H groups in total. The number of H-pyrrole nitrogens is 1. The zero-order valence-corrected chi connectivity index (χ0v) is 12.5. The van der Waals surface area contributed by atoms with Gasteiger partial charge in [0, 0.05) is 14.7 Å². The first-order valence-corrected chi connectivity index (χ1v) is 7.40. The van der Waals surface area contributed by atoms with Gasteiger partial charge in [-0.05, 0) is 40.2 Å². The monoisotopic (exact) mass is 352 g/mol. The Bertz CT molecular complexity index is 862. The van der Waals surface area contributed by atoms with E-state index in [4.69, 9.17) is 5.11 Å². The fraction of sp³-hybridized carbons (Fsp3) is 0.0769. The van der Waals surface area contributed by atoms with Crippen molar-refractivity contribution < 1.29 is 9.90 Å². The average Bonchev–Trinajstić information content (AvgIpc) is 2.94. The van der Waals surface area contributed by atoms with Crippen molar-refractivity contribution in [1.29, 1.82) is 0 Å². The van der Waals surface area contributed by atoms with Crippen LogP contribution in [-0.2, 0) is 6.54 Å². The molecule has 102 valence electrons. The second kappa shape index (κ2) is 4.92. The molecule has 0 saturated carbocycles. The molecule has 20 heavy (non-hydrogen) atoms. The van der Waals surface area contributed by atoms with E-state index < -0.39 is 5.97 Å². The van der Waals surface area contributed by atoms with Gasteiger partial charge in [0.05, 0.1) is 23.1 Å². The van der Waals surface area contributed by atoms with Crippen molar-refractivity contribution in [3.05, 3.63) is 55.0 Å². The minimum absolute atomic E-state index is 0.157. The highest BCUT2D eigenvalue weighted by molar-refractivity contribution is 9.10. The summed E-state index contributed by atoms with van der Waals surface area (Å²) in [6.07, 6.45) is 0. The minimum atomic E-state index is -1.01. The Labute approximate surface area is 125 Å². The molecule has 0 spiro atoms. The summed E-state index contributed by atoms with van der Waals surface area (Å²) in [7, 11) is 0. The molecule has 0 saturated heterocycles. The van der Waals surface area contributed by atoms with Crippen LogP contribution in [0, 0.1) is 0 Å². The molecule has 0 radical (unpaired) electrons. The molecule has 5 nitrogen and oxygen atoms in total. The van der Waals surface area contributed by atoms with Crippen LogP contribution in [0.2, 0.25) is 0 Å². The Hall–Kier alpha value is -1.86. The molecule has 1 aromatic carbocycles. The zero-order chi connectivity index (χ0) is 14.3. The van der Waals surface area contributed by atoms with Crippen LogP contribution in [0.3, 0.4) is 0 Å². The lowest BCUT2D eigenvalue weighted by Crippen LogP contribution is -2.16. The highest BCUT2D eigenvalue weighted by Gasteiger charge is 2.11. The third-order valence-electron chi connectivity index (χ3n) is 2.96. The molecule has 7 heteroatoms. The highest BCUT2D eigenvalue weighted by atomic mass is 79.9. The first-order valence-electron chi connectivity index (χ1n) is 5.73. The van der Waals surface area contributed by atoms with Crippen molar-refractivity contribution in [1.82, 2.24) is 9.55 Å². The number of fused-ring (bicyclic) bond motifs is 1. The quantitative estimate of drug-likeness (QED) is 0.760. The van der Waals surface area contributed by atoms with Crippen LogP contribution in [0.5, 0.6) is 0 Å². The maximum atomic E-state index is 12.0. The maximum Gasteiger partial charge on any atom is 0.335 e. The van der Waals surface area contributed by atoms with E-state index in [1.165, 1.54) is 12.1 Å². The van der Waals surface area contributed by atoms with E-state index in [1.54, 1.807) is 22.0 Å². The lowest BCUT2D eigenvalue weighted by molar-refractivity contribution is 0.0697. The molecule has 2 heterocycles. The Morgan fingerprint density at radius 2 is 2.20 bits per heavy atom. The summed E-state index contributed by atoms with van der Waals surface area (Å²) >= 11 is 4.94. The van der Waals surface area contributed by atoms with Crippen LogP contribution >= 0.6 is 27.3 Å². The van der Waals surface area contributed by atoms with Crippen molar-refractivity contribution in [2.75, 3.05) is 0 Å². The molecule has 3 aromatic rings. The average molecular weight is 353 g/mol. The summed E-state index contributed by atoms with van der Waals surface area (Å²) in [5.74, 6) is -1.01. The Balaban J connectivity index is 2.09. The number of carbonyl (C=O) groups is 1. The molecule has 3 rings (SSSR count). The molecule has 0 unspecified atom stereocenters. The molecule has 0 aliphatic heterocycles. The number of aromatic amines is 1. The van der Waals surface area contributed by atoms with E-state index in [9.17, 15) is 9.59 Å². The van der Waals surface area contributed by atoms with Gasteiger partial charge in [-0.3, -0.25) is 4.57 Å². The number of benzene rings is 1. The van der Waals surface area contributed by atoms with E-state index in [2.05, 4.69) is 20.9 Å². The third-order valence-corrected chi connectivity index (χ3v) is 4.64. The number of thiophene rings is 1. The zero-order valence-electron chi connectivity index (χ0n) is 10.1. The normalized spacial score (nSPS) is 11.1. The number of imidazole rings is 1. The summed E-state index contributed by atoms with van der Waals surface area (Å²) in [6.45, 7) is 0.460. The van der Waals surface area contributed by atoms with Crippen molar-refractivity contribution in [2.45, 2.75) is 6.54 Å². The smallest absolute Gasteiger partial charge is 0.335 e. The van der Waals surface area contributed by atoms with E-state index >= 15 is 0 Å². The van der Waals surface area contributed by atoms with Crippen molar-refractivity contribution >= 4 is 44.3 Å². The summed E-state index contributed by atoms with van der Waals surface area (Å²) < 4.78 is 2.58. The predicted molar refractivity (Wildman–Crippen MR) is 80.6 cm³/mol. The van der Waals surface area contributed by atoms with Crippen LogP contribution in [0.4, 0.5) is 0 Å². The second-order valence-electron chi connectivity index (χ2n) is 4.28. The molecular formula is C13H9BrN2O3S. The van der Waals surface area contributed by atoms with Crippen LogP contribution in [0.25, 0.3) is 11.0 Å². The fourth-order valence-corrected chi connectivity index (χ4v) is 3.49. The number of hydrogen-bond acceptors (Lipinski definition) is 3. The number of halogens is 1. The molecule has 0 aliphatic rings. The molecule has 0 aliphatic carbocycles. The SMILES string of the molecule is O=C(O)c1ccc2c(c1)[nH]c(=O)n2Cc1cc(Br)cs1. The molecule has 0 fully saturated rings. The van der Waals surface area contributed by atoms with E-state index in [1.807, 2.05) is 11.4 Å². The topological polar surface area (TPSA) is 75.1 Å². The number of aromatic nitrogens is 2. The third kappa shape index (κ3) is 2.30. The molecule has 0 bridgehead atoms. The molecular weight excluding hydrogens is 344 g/mol. The number of rotatable bonds is 3. The lowest BCUT2D eigenvalue weighted by Gasteiger charge is -2.01. The van der Waals surface area contributed by atoms with Crippen molar-refractivity contribution in [3.63, 3.8) is 0 Å². The first-order chi connectivity index (χ1) is 9.54. The standard InChI is InChI=1S/C13H9BrN2O3S/c14-8-4-9(20-6-8)5-16-11-2-1-7(12(17)18)3-10(11)15-13(16)19/h1-4,6H,5H2,(H,15,19)(H,17,18). The number of carboxylic acids is 1. The minimum Gasteiger partial charge on any atom is -0.478 e. The fourth-order valence-electron chi connectivity index (χ4n) is 2.05. The van der Waals surface area contributed by atoms with Crippen molar-refractivity contribution in [3.8, 4) is 0 Å².